The van der Waals surface area contributed by atoms with Crippen molar-refractivity contribution in [3.05, 3.63) is 86.6 Å². The number of nitrogens with zero attached hydrogens (tertiary/aromatic N) is 2. The Morgan fingerprint density at radius 2 is 1.96 bits per heavy atom. The molecule has 0 unspecified atom stereocenters. The van der Waals surface area contributed by atoms with Gasteiger partial charge in [-0.05, 0) is 39.7 Å². The summed E-state index contributed by atoms with van der Waals surface area (Å²) < 4.78 is 6.20. The van der Waals surface area contributed by atoms with Crippen LogP contribution in [0, 0.1) is 10.1 Å². The summed E-state index contributed by atoms with van der Waals surface area (Å²) in [7, 11) is 0. The first kappa shape index (κ1) is 18.5. The van der Waals surface area contributed by atoms with Gasteiger partial charge in [0, 0.05) is 22.2 Å². The van der Waals surface area contributed by atoms with Crippen molar-refractivity contribution in [2.45, 2.75) is 6.42 Å². The van der Waals surface area contributed by atoms with Gasteiger partial charge in [0.1, 0.15) is 11.5 Å². The van der Waals surface area contributed by atoms with Gasteiger partial charge < -0.3 is 4.42 Å². The first-order valence-corrected chi connectivity index (χ1v) is 8.72. The number of benzene rings is 2. The van der Waals surface area contributed by atoms with Crippen molar-refractivity contribution in [3.8, 4) is 11.3 Å². The maximum absolute atomic E-state index is 11.8. The first-order valence-electron chi connectivity index (χ1n) is 7.93. The van der Waals surface area contributed by atoms with Gasteiger partial charge in [0.2, 0.25) is 5.91 Å². The van der Waals surface area contributed by atoms with E-state index in [2.05, 4.69) is 26.5 Å². The monoisotopic (exact) mass is 427 g/mol. The Morgan fingerprint density at radius 1 is 1.19 bits per heavy atom. The van der Waals surface area contributed by atoms with Crippen molar-refractivity contribution in [2.75, 3.05) is 0 Å². The maximum Gasteiger partial charge on any atom is 0.270 e. The molecule has 3 rings (SSSR count). The smallest absolute Gasteiger partial charge is 0.270 e. The van der Waals surface area contributed by atoms with E-state index in [1.165, 1.54) is 18.3 Å². The normalized spacial score (nSPS) is 10.9. The van der Waals surface area contributed by atoms with Gasteiger partial charge in [-0.1, -0.05) is 30.3 Å². The molecule has 0 spiro atoms. The number of halogens is 1. The zero-order valence-electron chi connectivity index (χ0n) is 14.0. The van der Waals surface area contributed by atoms with Gasteiger partial charge in [-0.2, -0.15) is 5.10 Å². The lowest BCUT2D eigenvalue weighted by molar-refractivity contribution is -0.384. The second-order valence-electron chi connectivity index (χ2n) is 5.58. The number of carbonyl (C=O) groups excluding carboxylic acids is 1. The van der Waals surface area contributed by atoms with Crippen LogP contribution in [0.15, 0.2) is 74.7 Å². The van der Waals surface area contributed by atoms with E-state index >= 15 is 0 Å². The van der Waals surface area contributed by atoms with Crippen LogP contribution >= 0.6 is 15.9 Å². The highest BCUT2D eigenvalue weighted by molar-refractivity contribution is 9.10. The Morgan fingerprint density at radius 3 is 2.67 bits per heavy atom. The molecule has 1 aromatic heterocycles. The minimum Gasteiger partial charge on any atom is -0.455 e. The number of hydrogen-bond acceptors (Lipinski definition) is 5. The SMILES string of the molecule is O=C(Cc1ccccc1)N/N=C\c1ccc(-c2ccc([N+](=O)[O-])cc2Br)o1. The summed E-state index contributed by atoms with van der Waals surface area (Å²) in [5, 5.41) is 14.7. The highest BCUT2D eigenvalue weighted by Crippen LogP contribution is 2.32. The minimum atomic E-state index is -0.465. The largest absolute Gasteiger partial charge is 0.455 e. The van der Waals surface area contributed by atoms with Crippen LogP contribution in [0.5, 0.6) is 0 Å². The van der Waals surface area contributed by atoms with E-state index in [0.717, 1.165) is 5.56 Å². The molecule has 0 atom stereocenters. The van der Waals surface area contributed by atoms with E-state index in [9.17, 15) is 14.9 Å². The molecule has 0 saturated carbocycles. The van der Waals surface area contributed by atoms with Crippen LogP contribution in [0.25, 0.3) is 11.3 Å². The van der Waals surface area contributed by atoms with Gasteiger partial charge in [-0.25, -0.2) is 5.43 Å². The number of furan rings is 1. The van der Waals surface area contributed by atoms with Crippen molar-refractivity contribution < 1.29 is 14.1 Å². The van der Waals surface area contributed by atoms with Crippen LogP contribution in [0.2, 0.25) is 0 Å². The summed E-state index contributed by atoms with van der Waals surface area (Å²) in [5.41, 5.74) is 4.00. The number of amides is 1. The zero-order chi connectivity index (χ0) is 19.2. The lowest BCUT2D eigenvalue weighted by Crippen LogP contribution is -2.19. The van der Waals surface area contributed by atoms with Gasteiger partial charge in [0.15, 0.2) is 0 Å². The third-order valence-electron chi connectivity index (χ3n) is 3.64. The molecule has 1 N–H and O–H groups in total. The van der Waals surface area contributed by atoms with Gasteiger partial charge in [0.05, 0.1) is 17.6 Å². The molecule has 3 aromatic rings. The Hall–Kier alpha value is -3.26. The summed E-state index contributed by atoms with van der Waals surface area (Å²) in [4.78, 5) is 22.2. The van der Waals surface area contributed by atoms with E-state index in [1.807, 2.05) is 30.3 Å². The summed E-state index contributed by atoms with van der Waals surface area (Å²) in [5.74, 6) is 0.728. The topological polar surface area (TPSA) is 97.7 Å². The molecule has 0 aliphatic heterocycles. The van der Waals surface area contributed by atoms with Crippen LogP contribution in [-0.2, 0) is 11.2 Å². The van der Waals surface area contributed by atoms with Crippen molar-refractivity contribution in [3.63, 3.8) is 0 Å². The lowest BCUT2D eigenvalue weighted by Gasteiger charge is -2.01. The van der Waals surface area contributed by atoms with E-state index in [-0.39, 0.29) is 18.0 Å². The molecule has 2 aromatic carbocycles. The van der Waals surface area contributed by atoms with Gasteiger partial charge >= 0.3 is 0 Å². The molecule has 1 amide bonds. The Kier molecular flexibility index (Phi) is 5.77. The van der Waals surface area contributed by atoms with Crippen LogP contribution in [-0.4, -0.2) is 17.0 Å². The predicted molar refractivity (Wildman–Crippen MR) is 104 cm³/mol. The lowest BCUT2D eigenvalue weighted by atomic mass is 10.1. The predicted octanol–water partition coefficient (Wildman–Crippen LogP) is 4.31. The third-order valence-corrected chi connectivity index (χ3v) is 4.30. The second kappa shape index (κ2) is 8.41. The molecule has 27 heavy (non-hydrogen) atoms. The van der Waals surface area contributed by atoms with Gasteiger partial charge in [0.25, 0.3) is 5.69 Å². The molecule has 136 valence electrons. The molecule has 0 aliphatic rings. The van der Waals surface area contributed by atoms with Crippen LogP contribution < -0.4 is 5.43 Å². The number of nitrogens with one attached hydrogen (secondary N) is 1. The molecule has 0 fully saturated rings. The average molecular weight is 428 g/mol. The Labute approximate surface area is 163 Å². The fraction of sp³-hybridized carbons (Fsp3) is 0.0526. The second-order valence-corrected chi connectivity index (χ2v) is 6.43. The van der Waals surface area contributed by atoms with Crippen molar-refractivity contribution in [1.82, 2.24) is 5.43 Å². The molecular formula is C19H14BrN3O4. The van der Waals surface area contributed by atoms with E-state index in [4.69, 9.17) is 4.42 Å². The van der Waals surface area contributed by atoms with E-state index < -0.39 is 4.92 Å². The van der Waals surface area contributed by atoms with Gasteiger partial charge in [-0.15, -0.1) is 0 Å². The van der Waals surface area contributed by atoms with Crippen LogP contribution in [0.3, 0.4) is 0 Å². The molecule has 0 saturated heterocycles. The molecule has 7 nitrogen and oxygen atoms in total. The molecule has 8 heteroatoms. The van der Waals surface area contributed by atoms with Crippen LogP contribution in [0.1, 0.15) is 11.3 Å². The molecule has 0 bridgehead atoms. The van der Waals surface area contributed by atoms with Crippen LogP contribution in [0.4, 0.5) is 5.69 Å². The van der Waals surface area contributed by atoms with E-state index in [0.29, 0.717) is 21.6 Å². The molecule has 0 radical (unpaired) electrons. The highest BCUT2D eigenvalue weighted by Gasteiger charge is 2.13. The Balaban J connectivity index is 1.63. The van der Waals surface area contributed by atoms with Crippen molar-refractivity contribution >= 4 is 33.7 Å². The zero-order valence-corrected chi connectivity index (χ0v) is 15.5. The number of carbonyl (C=O) groups is 1. The quantitative estimate of drug-likeness (QED) is 0.359. The first-order chi connectivity index (χ1) is 13.0. The highest BCUT2D eigenvalue weighted by atomic mass is 79.9. The number of nitro groups is 1. The van der Waals surface area contributed by atoms with Crippen molar-refractivity contribution in [2.24, 2.45) is 5.10 Å². The maximum atomic E-state index is 11.8. The number of nitro benzene ring substituents is 1. The minimum absolute atomic E-state index is 0.0138. The third kappa shape index (κ3) is 4.89. The van der Waals surface area contributed by atoms with Crippen molar-refractivity contribution in [1.29, 1.82) is 0 Å². The molecule has 1 heterocycles. The summed E-state index contributed by atoms with van der Waals surface area (Å²) in [6.45, 7) is 0. The van der Waals surface area contributed by atoms with Gasteiger partial charge in [-0.3, -0.25) is 14.9 Å². The number of hydrogen-bond donors (Lipinski definition) is 1. The summed E-state index contributed by atoms with van der Waals surface area (Å²) in [6, 6.07) is 17.2. The number of rotatable bonds is 6. The van der Waals surface area contributed by atoms with E-state index in [1.54, 1.807) is 18.2 Å². The number of non-ortho nitro benzene ring substituents is 1. The Bertz CT molecular complexity index is 999. The number of hydrazone groups is 1. The average Bonchev–Trinajstić information content (AvgIpc) is 3.11. The summed E-state index contributed by atoms with van der Waals surface area (Å²) in [6.07, 6.45) is 1.63. The fourth-order valence-electron chi connectivity index (χ4n) is 2.37. The fourth-order valence-corrected chi connectivity index (χ4v) is 2.94. The summed E-state index contributed by atoms with van der Waals surface area (Å²) >= 11 is 3.31. The molecule has 0 aliphatic carbocycles. The molecular weight excluding hydrogens is 414 g/mol. The standard InChI is InChI=1S/C19H14BrN3O4/c20-17-11-14(23(25)26)6-8-16(17)18-9-7-15(27-18)12-21-22-19(24)10-13-4-2-1-3-5-13/h1-9,11-12H,10H2,(H,22,24)/b21-12-.